The van der Waals surface area contributed by atoms with Gasteiger partial charge in [0.15, 0.2) is 0 Å². The zero-order valence-corrected chi connectivity index (χ0v) is 10.7. The highest BCUT2D eigenvalue weighted by atomic mass is 32.2. The van der Waals surface area contributed by atoms with E-state index < -0.39 is 26.5 Å². The number of rotatable bonds is 5. The summed E-state index contributed by atoms with van der Waals surface area (Å²) in [7, 11) is -4.01. The number of nitriles is 1. The zero-order valence-electron chi connectivity index (χ0n) is 9.88. The molecule has 0 saturated heterocycles. The molecule has 0 saturated carbocycles. The molecule has 0 spiro atoms. The van der Waals surface area contributed by atoms with E-state index in [9.17, 15) is 22.9 Å². The fraction of sp³-hybridized carbons (Fsp3) is 0.300. The molecule has 0 fully saturated rings. The van der Waals surface area contributed by atoms with Gasteiger partial charge in [-0.25, -0.2) is 13.1 Å². The number of benzene rings is 1. The van der Waals surface area contributed by atoms with Crippen LogP contribution in [0, 0.1) is 34.2 Å². The maximum Gasteiger partial charge on any atom is 0.306 e. The molecule has 0 aliphatic rings. The second kappa shape index (κ2) is 5.73. The van der Waals surface area contributed by atoms with Crippen molar-refractivity contribution in [3.8, 4) is 6.07 Å². The van der Waals surface area contributed by atoms with Gasteiger partial charge in [-0.1, -0.05) is 0 Å². The lowest BCUT2D eigenvalue weighted by Crippen LogP contribution is -2.25. The van der Waals surface area contributed by atoms with Crippen molar-refractivity contribution >= 4 is 15.7 Å². The Hall–Kier alpha value is -2.05. The van der Waals surface area contributed by atoms with Gasteiger partial charge in [0.2, 0.25) is 15.8 Å². The average Bonchev–Trinajstić information content (AvgIpc) is 2.28. The van der Waals surface area contributed by atoms with Crippen molar-refractivity contribution < 1.29 is 17.7 Å². The molecule has 0 radical (unpaired) electrons. The molecule has 0 aromatic heterocycles. The molecule has 102 valence electrons. The Labute approximate surface area is 108 Å². The Morgan fingerprint density at radius 1 is 1.53 bits per heavy atom. The van der Waals surface area contributed by atoms with Crippen molar-refractivity contribution in [2.45, 2.75) is 18.2 Å². The van der Waals surface area contributed by atoms with E-state index in [2.05, 4.69) is 4.72 Å². The van der Waals surface area contributed by atoms with Gasteiger partial charge in [0.25, 0.3) is 0 Å². The van der Waals surface area contributed by atoms with Crippen LogP contribution in [-0.2, 0) is 10.0 Å². The Kier molecular flexibility index (Phi) is 4.52. The van der Waals surface area contributed by atoms with Gasteiger partial charge in [-0.2, -0.15) is 9.65 Å². The number of nitro groups is 1. The predicted molar refractivity (Wildman–Crippen MR) is 63.2 cm³/mol. The first kappa shape index (κ1) is 15.0. The van der Waals surface area contributed by atoms with Crippen LogP contribution in [0.4, 0.5) is 10.1 Å². The molecule has 0 aliphatic carbocycles. The third-order valence-corrected chi connectivity index (χ3v) is 3.86. The van der Waals surface area contributed by atoms with Crippen LogP contribution in [0.2, 0.25) is 0 Å². The molecule has 0 aliphatic heterocycles. The van der Waals surface area contributed by atoms with Gasteiger partial charge in [0.1, 0.15) is 0 Å². The Morgan fingerprint density at radius 2 is 2.16 bits per heavy atom. The lowest BCUT2D eigenvalue weighted by atomic mass is 10.2. The summed E-state index contributed by atoms with van der Waals surface area (Å²) in [5, 5.41) is 18.9. The summed E-state index contributed by atoms with van der Waals surface area (Å²) in [6.45, 7) is 1.20. The first-order valence-electron chi connectivity index (χ1n) is 5.10. The molecular weight excluding hydrogens is 277 g/mol. The molecule has 1 aromatic rings. The van der Waals surface area contributed by atoms with Crippen LogP contribution in [-0.4, -0.2) is 19.9 Å². The molecule has 1 aromatic carbocycles. The minimum absolute atomic E-state index is 0.0401. The minimum atomic E-state index is -4.01. The van der Waals surface area contributed by atoms with Crippen molar-refractivity contribution in [1.29, 1.82) is 5.26 Å². The molecule has 7 nitrogen and oxygen atoms in total. The molecule has 1 N–H and O–H groups in total. The van der Waals surface area contributed by atoms with E-state index >= 15 is 0 Å². The second-order valence-corrected chi connectivity index (χ2v) is 5.37. The van der Waals surface area contributed by atoms with Crippen LogP contribution >= 0.6 is 0 Å². The number of halogens is 1. The lowest BCUT2D eigenvalue weighted by molar-refractivity contribution is -0.387. The van der Waals surface area contributed by atoms with Crippen molar-refractivity contribution in [3.05, 3.63) is 33.6 Å². The predicted octanol–water partition coefficient (Wildman–Crippen LogP) is 1.23. The summed E-state index contributed by atoms with van der Waals surface area (Å²) in [4.78, 5) is 9.21. The van der Waals surface area contributed by atoms with Crippen LogP contribution in [0.25, 0.3) is 0 Å². The third kappa shape index (κ3) is 3.46. The van der Waals surface area contributed by atoms with Crippen LogP contribution in [0.3, 0.4) is 0 Å². The van der Waals surface area contributed by atoms with Gasteiger partial charge in [0, 0.05) is 19.0 Å². The van der Waals surface area contributed by atoms with Gasteiger partial charge in [-0.15, -0.1) is 0 Å². The summed E-state index contributed by atoms with van der Waals surface area (Å²) in [6.07, 6.45) is -0.0401. The molecule has 0 amide bonds. The van der Waals surface area contributed by atoms with Gasteiger partial charge >= 0.3 is 5.69 Å². The van der Waals surface area contributed by atoms with E-state index in [-0.39, 0.29) is 23.4 Å². The highest BCUT2D eigenvalue weighted by Gasteiger charge is 2.23. The Morgan fingerprint density at radius 3 is 2.68 bits per heavy atom. The number of nitro benzene ring substituents is 1. The van der Waals surface area contributed by atoms with E-state index in [1.54, 1.807) is 6.07 Å². The summed E-state index contributed by atoms with van der Waals surface area (Å²) in [5.41, 5.74) is -0.862. The Balaban J connectivity index is 3.24. The quantitative estimate of drug-likeness (QED) is 0.497. The van der Waals surface area contributed by atoms with Crippen LogP contribution in [0.15, 0.2) is 17.0 Å². The largest absolute Gasteiger partial charge is 0.306 e. The smallest absolute Gasteiger partial charge is 0.258 e. The van der Waals surface area contributed by atoms with Crippen molar-refractivity contribution in [2.24, 2.45) is 0 Å². The molecular formula is C10H10FN3O4S. The normalized spacial score (nSPS) is 11.0. The van der Waals surface area contributed by atoms with Gasteiger partial charge in [0.05, 0.1) is 15.9 Å². The topological polar surface area (TPSA) is 113 Å². The number of nitrogens with one attached hydrogen (secondary N) is 1. The van der Waals surface area contributed by atoms with Crippen LogP contribution in [0.5, 0.6) is 0 Å². The molecule has 9 heteroatoms. The monoisotopic (exact) mass is 287 g/mol. The second-order valence-electron chi connectivity index (χ2n) is 3.63. The molecule has 0 unspecified atom stereocenters. The maximum absolute atomic E-state index is 13.3. The zero-order chi connectivity index (χ0) is 14.6. The number of aryl methyl sites for hydroxylation is 1. The fourth-order valence-electron chi connectivity index (χ4n) is 1.39. The average molecular weight is 287 g/mol. The molecule has 0 heterocycles. The standard InChI is InChI=1S/C10H10FN3O4S/c1-7-5-8(11)9(14(15)16)6-10(7)19(17,18)13-4-2-3-12/h5-6,13H,2,4H2,1H3. The first-order valence-corrected chi connectivity index (χ1v) is 6.59. The molecule has 19 heavy (non-hydrogen) atoms. The summed E-state index contributed by atoms with van der Waals surface area (Å²) in [5.74, 6) is -1.10. The Bertz CT molecular complexity index is 651. The van der Waals surface area contributed by atoms with Crippen LogP contribution < -0.4 is 4.72 Å². The summed E-state index contributed by atoms with van der Waals surface area (Å²) < 4.78 is 39.1. The third-order valence-electron chi connectivity index (χ3n) is 2.26. The van der Waals surface area contributed by atoms with Crippen molar-refractivity contribution in [2.75, 3.05) is 6.54 Å². The molecule has 0 atom stereocenters. The summed E-state index contributed by atoms with van der Waals surface area (Å²) >= 11 is 0. The van der Waals surface area contributed by atoms with Crippen LogP contribution in [0.1, 0.15) is 12.0 Å². The molecule has 1 rings (SSSR count). The van der Waals surface area contributed by atoms with E-state index in [0.717, 1.165) is 6.07 Å². The highest BCUT2D eigenvalue weighted by Crippen LogP contribution is 2.25. The van der Waals surface area contributed by atoms with E-state index in [0.29, 0.717) is 6.07 Å². The number of hydrogen-bond acceptors (Lipinski definition) is 5. The number of nitrogens with zero attached hydrogens (tertiary/aromatic N) is 2. The van der Waals surface area contributed by atoms with E-state index in [1.807, 2.05) is 0 Å². The van der Waals surface area contributed by atoms with Gasteiger partial charge < -0.3 is 0 Å². The van der Waals surface area contributed by atoms with Gasteiger partial charge in [-0.05, 0) is 18.6 Å². The fourth-order valence-corrected chi connectivity index (χ4v) is 2.67. The minimum Gasteiger partial charge on any atom is -0.258 e. The van der Waals surface area contributed by atoms with E-state index in [1.165, 1.54) is 6.92 Å². The van der Waals surface area contributed by atoms with Crippen molar-refractivity contribution in [1.82, 2.24) is 4.72 Å². The first-order chi connectivity index (χ1) is 8.79. The highest BCUT2D eigenvalue weighted by molar-refractivity contribution is 7.89. The summed E-state index contributed by atoms with van der Waals surface area (Å²) in [6, 6.07) is 3.20. The molecule has 0 bridgehead atoms. The van der Waals surface area contributed by atoms with Gasteiger partial charge in [-0.3, -0.25) is 10.1 Å². The van der Waals surface area contributed by atoms with Crippen molar-refractivity contribution in [3.63, 3.8) is 0 Å². The number of hydrogen-bond donors (Lipinski definition) is 1. The number of sulfonamides is 1. The SMILES string of the molecule is Cc1cc(F)c([N+](=O)[O-])cc1S(=O)(=O)NCCC#N. The lowest BCUT2D eigenvalue weighted by Gasteiger charge is -2.08. The maximum atomic E-state index is 13.3. The van der Waals surface area contributed by atoms with E-state index in [4.69, 9.17) is 5.26 Å².